The molecule has 1 aliphatic carbocycles. The average molecular weight is 250 g/mol. The summed E-state index contributed by atoms with van der Waals surface area (Å²) in [5.74, 6) is 1.54. The van der Waals surface area contributed by atoms with Crippen LogP contribution in [0.25, 0.3) is 0 Å². The number of ether oxygens (including phenoxy) is 2. The molecule has 1 aromatic rings. The highest BCUT2D eigenvalue weighted by molar-refractivity contribution is 6.59. The fraction of sp³-hybridized carbons (Fsp3) is 0.538. The fourth-order valence-electron chi connectivity index (χ4n) is 1.92. The van der Waals surface area contributed by atoms with E-state index in [4.69, 9.17) is 9.47 Å². The van der Waals surface area contributed by atoms with Crippen molar-refractivity contribution in [3.05, 3.63) is 23.8 Å². The molecular weight excluding hydrogens is 231 g/mol. The van der Waals surface area contributed by atoms with Crippen LogP contribution in [0.1, 0.15) is 24.8 Å². The van der Waals surface area contributed by atoms with Gasteiger partial charge in [-0.1, -0.05) is 18.9 Å². The highest BCUT2D eigenvalue weighted by Crippen LogP contribution is 2.32. The molecule has 1 aliphatic rings. The molecule has 0 heterocycles. The summed E-state index contributed by atoms with van der Waals surface area (Å²) < 4.78 is 10.7. The molecular formula is C13H19BO4. The fourth-order valence-corrected chi connectivity index (χ4v) is 1.92. The van der Waals surface area contributed by atoms with Crippen LogP contribution in [0.4, 0.5) is 0 Å². The third kappa shape index (κ3) is 3.73. The smallest absolute Gasteiger partial charge is 0.488 e. The molecule has 1 fully saturated rings. The van der Waals surface area contributed by atoms with Gasteiger partial charge in [0.05, 0.1) is 13.7 Å². The second-order valence-corrected chi connectivity index (χ2v) is 4.72. The van der Waals surface area contributed by atoms with Gasteiger partial charge in [0.1, 0.15) is 5.75 Å². The first-order valence-electron chi connectivity index (χ1n) is 6.31. The molecule has 0 unspecified atom stereocenters. The van der Waals surface area contributed by atoms with Crippen molar-refractivity contribution in [3.8, 4) is 5.75 Å². The van der Waals surface area contributed by atoms with Crippen LogP contribution in [0.5, 0.6) is 5.75 Å². The maximum atomic E-state index is 9.28. The summed E-state index contributed by atoms with van der Waals surface area (Å²) in [7, 11) is 0.111. The van der Waals surface area contributed by atoms with Gasteiger partial charge in [-0.2, -0.15) is 0 Å². The lowest BCUT2D eigenvalue weighted by Crippen LogP contribution is -2.33. The molecule has 2 N–H and O–H groups in total. The van der Waals surface area contributed by atoms with Gasteiger partial charge in [-0.25, -0.2) is 0 Å². The minimum Gasteiger partial charge on any atom is -0.497 e. The Hall–Kier alpha value is -1.04. The first-order valence-corrected chi connectivity index (χ1v) is 6.31. The van der Waals surface area contributed by atoms with Gasteiger partial charge in [0.2, 0.25) is 0 Å². The van der Waals surface area contributed by atoms with E-state index in [1.165, 1.54) is 12.8 Å². The monoisotopic (exact) mass is 250 g/mol. The Kier molecular flexibility index (Phi) is 4.63. The van der Waals surface area contributed by atoms with E-state index in [1.54, 1.807) is 25.3 Å². The molecule has 0 amide bonds. The minimum atomic E-state index is -1.47. The zero-order chi connectivity index (χ0) is 13.0. The molecule has 0 atom stereocenters. The zero-order valence-electron chi connectivity index (χ0n) is 10.6. The van der Waals surface area contributed by atoms with Crippen molar-refractivity contribution in [3.63, 3.8) is 0 Å². The minimum absolute atomic E-state index is 0.386. The first kappa shape index (κ1) is 13.4. The largest absolute Gasteiger partial charge is 0.497 e. The van der Waals surface area contributed by atoms with E-state index >= 15 is 0 Å². The highest BCUT2D eigenvalue weighted by atomic mass is 16.5. The summed E-state index contributed by atoms with van der Waals surface area (Å²) in [5, 5.41) is 18.6. The third-order valence-electron chi connectivity index (χ3n) is 3.25. The van der Waals surface area contributed by atoms with Crippen molar-refractivity contribution >= 4 is 12.6 Å². The maximum Gasteiger partial charge on any atom is 0.488 e. The van der Waals surface area contributed by atoms with Gasteiger partial charge in [0.15, 0.2) is 0 Å². The molecule has 0 bridgehead atoms. The van der Waals surface area contributed by atoms with Crippen molar-refractivity contribution in [2.24, 2.45) is 5.92 Å². The van der Waals surface area contributed by atoms with Crippen LogP contribution >= 0.6 is 0 Å². The Morgan fingerprint density at radius 3 is 2.72 bits per heavy atom. The molecule has 1 aromatic carbocycles. The van der Waals surface area contributed by atoms with E-state index < -0.39 is 7.12 Å². The second kappa shape index (κ2) is 6.23. The Morgan fingerprint density at radius 2 is 2.11 bits per heavy atom. The summed E-state index contributed by atoms with van der Waals surface area (Å²) >= 11 is 0. The van der Waals surface area contributed by atoms with Crippen molar-refractivity contribution in [2.75, 3.05) is 13.7 Å². The topological polar surface area (TPSA) is 58.9 Å². The van der Waals surface area contributed by atoms with E-state index in [-0.39, 0.29) is 0 Å². The summed E-state index contributed by atoms with van der Waals surface area (Å²) in [6, 6.07) is 5.15. The number of methoxy groups -OCH3 is 1. The van der Waals surface area contributed by atoms with E-state index in [0.717, 1.165) is 24.5 Å². The van der Waals surface area contributed by atoms with Crippen molar-refractivity contribution in [1.29, 1.82) is 0 Å². The lowest BCUT2D eigenvalue weighted by Gasteiger charge is -2.11. The van der Waals surface area contributed by atoms with Crippen LogP contribution in [0.2, 0.25) is 0 Å². The van der Waals surface area contributed by atoms with Crippen LogP contribution in [0.15, 0.2) is 18.2 Å². The predicted molar refractivity (Wildman–Crippen MR) is 69.8 cm³/mol. The Morgan fingerprint density at radius 1 is 1.33 bits per heavy atom. The highest BCUT2D eigenvalue weighted by Gasteiger charge is 2.21. The van der Waals surface area contributed by atoms with Gasteiger partial charge in [-0.3, -0.25) is 0 Å². The Labute approximate surface area is 108 Å². The molecule has 0 aromatic heterocycles. The molecule has 0 spiro atoms. The van der Waals surface area contributed by atoms with Gasteiger partial charge < -0.3 is 19.5 Å². The summed E-state index contributed by atoms with van der Waals surface area (Å²) in [4.78, 5) is 0. The van der Waals surface area contributed by atoms with Crippen LogP contribution in [-0.2, 0) is 11.3 Å². The normalized spacial score (nSPS) is 14.6. The summed E-state index contributed by atoms with van der Waals surface area (Å²) in [5.41, 5.74) is 1.24. The van der Waals surface area contributed by atoms with E-state index in [2.05, 4.69) is 0 Å². The van der Waals surface area contributed by atoms with Crippen LogP contribution in [0.3, 0.4) is 0 Å². The number of rotatable bonds is 7. The molecule has 0 radical (unpaired) electrons. The number of benzene rings is 1. The quantitative estimate of drug-likeness (QED) is 0.552. The van der Waals surface area contributed by atoms with Crippen molar-refractivity contribution in [2.45, 2.75) is 25.9 Å². The molecule has 0 aliphatic heterocycles. The van der Waals surface area contributed by atoms with Gasteiger partial charge in [0, 0.05) is 6.61 Å². The number of hydrogen-bond acceptors (Lipinski definition) is 4. The molecule has 18 heavy (non-hydrogen) atoms. The Balaban J connectivity index is 1.93. The van der Waals surface area contributed by atoms with E-state index in [9.17, 15) is 10.0 Å². The Bertz CT molecular complexity index is 391. The van der Waals surface area contributed by atoms with Crippen LogP contribution in [-0.4, -0.2) is 30.9 Å². The van der Waals surface area contributed by atoms with Crippen LogP contribution in [0, 0.1) is 5.92 Å². The molecule has 98 valence electrons. The lowest BCUT2D eigenvalue weighted by atomic mass is 9.77. The summed E-state index contributed by atoms with van der Waals surface area (Å²) in [6.45, 7) is 1.11. The standard InChI is InChI=1S/C13H19BO4/c1-17-12-4-5-13(14(15)16)11(8-12)9-18-7-6-10-2-3-10/h4-5,8,10,15-16H,2-3,6-7,9H2,1H3. The zero-order valence-corrected chi connectivity index (χ0v) is 10.6. The van der Waals surface area contributed by atoms with Crippen molar-refractivity contribution in [1.82, 2.24) is 0 Å². The van der Waals surface area contributed by atoms with E-state index in [0.29, 0.717) is 17.8 Å². The second-order valence-electron chi connectivity index (χ2n) is 4.72. The average Bonchev–Trinajstić information content (AvgIpc) is 3.18. The van der Waals surface area contributed by atoms with Gasteiger partial charge >= 0.3 is 7.12 Å². The van der Waals surface area contributed by atoms with Crippen molar-refractivity contribution < 1.29 is 19.5 Å². The maximum absolute atomic E-state index is 9.28. The van der Waals surface area contributed by atoms with Gasteiger partial charge in [0.25, 0.3) is 0 Å². The molecule has 2 rings (SSSR count). The van der Waals surface area contributed by atoms with Crippen LogP contribution < -0.4 is 10.2 Å². The lowest BCUT2D eigenvalue weighted by molar-refractivity contribution is 0.115. The predicted octanol–water partition coefficient (Wildman–Crippen LogP) is 0.692. The molecule has 4 nitrogen and oxygen atoms in total. The molecule has 0 saturated heterocycles. The van der Waals surface area contributed by atoms with Gasteiger partial charge in [-0.15, -0.1) is 0 Å². The summed E-state index contributed by atoms with van der Waals surface area (Å²) in [6.07, 6.45) is 3.74. The van der Waals surface area contributed by atoms with E-state index in [1.807, 2.05) is 0 Å². The molecule has 5 heteroatoms. The third-order valence-corrected chi connectivity index (χ3v) is 3.25. The molecule has 1 saturated carbocycles. The van der Waals surface area contributed by atoms with Gasteiger partial charge in [-0.05, 0) is 35.5 Å². The SMILES string of the molecule is COc1ccc(B(O)O)c(COCCC2CC2)c1. The number of hydrogen-bond donors (Lipinski definition) is 2. The first-order chi connectivity index (χ1) is 8.70.